The molecule has 0 saturated heterocycles. The second-order valence-electron chi connectivity index (χ2n) is 2.89. The van der Waals surface area contributed by atoms with Crippen LogP contribution in [0.25, 0.3) is 0 Å². The predicted molar refractivity (Wildman–Crippen MR) is 46.0 cm³/mol. The van der Waals surface area contributed by atoms with Crippen molar-refractivity contribution in [1.82, 2.24) is 10.6 Å². The molecule has 0 aromatic carbocycles. The molecule has 0 rings (SSSR count). The second-order valence-corrected chi connectivity index (χ2v) is 2.89. The number of imide groups is 1. The third-order valence-electron chi connectivity index (χ3n) is 1.49. The lowest BCUT2D eigenvalue weighted by Crippen LogP contribution is -2.47. The molecule has 0 aliphatic rings. The van der Waals surface area contributed by atoms with E-state index in [-0.39, 0.29) is 0 Å². The molecule has 0 bridgehead atoms. The van der Waals surface area contributed by atoms with E-state index < -0.39 is 36.5 Å². The zero-order valence-electron chi connectivity index (χ0n) is 8.22. The maximum absolute atomic E-state index is 12.1. The molecule has 1 atom stereocenters. The molecule has 0 aromatic rings. The lowest BCUT2D eigenvalue weighted by molar-refractivity contribution is -0.179. The summed E-state index contributed by atoms with van der Waals surface area (Å²) in [4.78, 5) is 31.5. The van der Waals surface area contributed by atoms with Crippen LogP contribution in [0.2, 0.25) is 0 Å². The first-order valence-corrected chi connectivity index (χ1v) is 4.06. The minimum absolute atomic E-state index is 0.736. The first kappa shape index (κ1) is 14.2. The number of rotatable bonds is 3. The average Bonchev–Trinajstić information content (AvgIpc) is 1.98. The van der Waals surface area contributed by atoms with Crippen LogP contribution in [0.15, 0.2) is 0 Å². The van der Waals surface area contributed by atoms with Crippen molar-refractivity contribution in [2.24, 2.45) is 11.7 Å². The number of carbonyl (C=O) groups excluding carboxylic acids is 3. The molecule has 9 heteroatoms. The number of amides is 4. The topological polar surface area (TPSA) is 101 Å². The van der Waals surface area contributed by atoms with Gasteiger partial charge in [0.1, 0.15) is 0 Å². The summed E-state index contributed by atoms with van der Waals surface area (Å²) in [5.41, 5.74) is 4.51. The Morgan fingerprint density at radius 1 is 1.31 bits per heavy atom. The molecular formula is C7H10F3N3O3. The van der Waals surface area contributed by atoms with Gasteiger partial charge in [0.15, 0.2) is 5.92 Å². The summed E-state index contributed by atoms with van der Waals surface area (Å²) in [5, 5.41) is 3.39. The van der Waals surface area contributed by atoms with E-state index >= 15 is 0 Å². The smallest absolute Gasteiger partial charge is 0.369 e. The van der Waals surface area contributed by atoms with Gasteiger partial charge in [0.2, 0.25) is 11.8 Å². The van der Waals surface area contributed by atoms with Gasteiger partial charge in [0, 0.05) is 13.5 Å². The van der Waals surface area contributed by atoms with Crippen molar-refractivity contribution in [1.29, 1.82) is 0 Å². The van der Waals surface area contributed by atoms with E-state index in [0.29, 0.717) is 0 Å². The molecular weight excluding hydrogens is 231 g/mol. The first-order valence-electron chi connectivity index (χ1n) is 4.06. The van der Waals surface area contributed by atoms with Crippen molar-refractivity contribution in [2.45, 2.75) is 13.1 Å². The van der Waals surface area contributed by atoms with E-state index in [1.165, 1.54) is 0 Å². The molecule has 4 amide bonds. The minimum atomic E-state index is -4.84. The van der Waals surface area contributed by atoms with Crippen LogP contribution in [0, 0.1) is 5.92 Å². The Bertz CT molecular complexity index is 303. The van der Waals surface area contributed by atoms with E-state index in [9.17, 15) is 27.6 Å². The summed E-state index contributed by atoms with van der Waals surface area (Å²) in [6.45, 7) is -0.00709. The van der Waals surface area contributed by atoms with Crippen LogP contribution in [0.4, 0.5) is 18.0 Å². The van der Waals surface area contributed by atoms with Crippen LogP contribution < -0.4 is 16.4 Å². The van der Waals surface area contributed by atoms with Gasteiger partial charge < -0.3 is 11.1 Å². The Balaban J connectivity index is 4.30. The van der Waals surface area contributed by atoms with Gasteiger partial charge in [0.05, 0.1) is 0 Å². The van der Waals surface area contributed by atoms with Gasteiger partial charge in [0.25, 0.3) is 0 Å². The van der Waals surface area contributed by atoms with Gasteiger partial charge in [-0.05, 0) is 0 Å². The van der Waals surface area contributed by atoms with E-state index in [4.69, 9.17) is 0 Å². The number of alkyl halides is 3. The average molecular weight is 241 g/mol. The predicted octanol–water partition coefficient (Wildman–Crippen LogP) is -0.504. The highest BCUT2D eigenvalue weighted by Gasteiger charge is 2.43. The standard InChI is InChI=1S/C7H10F3N3O3/c1-3(14)13-6(16)12-2-4(5(11)15)7(8,9)10/h4H,2H2,1H3,(H2,11,15)(H2,12,13,14,16). The van der Waals surface area contributed by atoms with Crippen LogP contribution in [-0.2, 0) is 9.59 Å². The maximum atomic E-state index is 12.1. The Morgan fingerprint density at radius 3 is 2.12 bits per heavy atom. The number of carbonyl (C=O) groups is 3. The summed E-state index contributed by atoms with van der Waals surface area (Å²) in [5.74, 6) is -4.82. The van der Waals surface area contributed by atoms with Crippen molar-refractivity contribution in [3.63, 3.8) is 0 Å². The number of halogens is 3. The molecule has 0 spiro atoms. The third kappa shape index (κ3) is 5.17. The van der Waals surface area contributed by atoms with Gasteiger partial charge in [-0.3, -0.25) is 14.9 Å². The van der Waals surface area contributed by atoms with Gasteiger partial charge in [-0.25, -0.2) is 4.79 Å². The molecule has 1 unspecified atom stereocenters. The zero-order chi connectivity index (χ0) is 12.9. The van der Waals surface area contributed by atoms with Gasteiger partial charge >= 0.3 is 12.2 Å². The number of hydrogen-bond donors (Lipinski definition) is 3. The number of hydrogen-bond acceptors (Lipinski definition) is 3. The Morgan fingerprint density at radius 2 is 1.81 bits per heavy atom. The third-order valence-corrected chi connectivity index (χ3v) is 1.49. The molecule has 0 fully saturated rings. The summed E-state index contributed by atoms with van der Waals surface area (Å²) in [7, 11) is 0. The molecule has 16 heavy (non-hydrogen) atoms. The monoisotopic (exact) mass is 241 g/mol. The van der Waals surface area contributed by atoms with Gasteiger partial charge in [-0.2, -0.15) is 13.2 Å². The van der Waals surface area contributed by atoms with Crippen LogP contribution >= 0.6 is 0 Å². The van der Waals surface area contributed by atoms with Crippen LogP contribution in [0.5, 0.6) is 0 Å². The van der Waals surface area contributed by atoms with E-state index in [1.807, 2.05) is 0 Å². The summed E-state index contributed by atoms with van der Waals surface area (Å²) in [6.07, 6.45) is -4.84. The van der Waals surface area contributed by atoms with Crippen molar-refractivity contribution >= 4 is 17.8 Å². The lowest BCUT2D eigenvalue weighted by atomic mass is 10.1. The molecule has 6 nitrogen and oxygen atoms in total. The van der Waals surface area contributed by atoms with Crippen LogP contribution in [-0.4, -0.2) is 30.6 Å². The molecule has 0 saturated carbocycles. The normalized spacial score (nSPS) is 12.8. The molecule has 0 aromatic heterocycles. The number of urea groups is 1. The second kappa shape index (κ2) is 5.33. The molecule has 4 N–H and O–H groups in total. The highest BCUT2D eigenvalue weighted by atomic mass is 19.4. The van der Waals surface area contributed by atoms with Crippen LogP contribution in [0.1, 0.15) is 6.92 Å². The van der Waals surface area contributed by atoms with Gasteiger partial charge in [-0.1, -0.05) is 0 Å². The number of nitrogens with one attached hydrogen (secondary N) is 2. The quantitative estimate of drug-likeness (QED) is 0.620. The Hall–Kier alpha value is -1.80. The van der Waals surface area contributed by atoms with Crippen molar-refractivity contribution in [2.75, 3.05) is 6.54 Å². The van der Waals surface area contributed by atoms with Gasteiger partial charge in [-0.15, -0.1) is 0 Å². The fourth-order valence-corrected chi connectivity index (χ4v) is 0.776. The van der Waals surface area contributed by atoms with Crippen molar-refractivity contribution < 1.29 is 27.6 Å². The fraction of sp³-hybridized carbons (Fsp3) is 0.571. The summed E-state index contributed by atoms with van der Waals surface area (Å²) < 4.78 is 36.4. The molecule has 92 valence electrons. The Kier molecular flexibility index (Phi) is 4.73. The molecule has 0 heterocycles. The van der Waals surface area contributed by atoms with Crippen molar-refractivity contribution in [3.05, 3.63) is 0 Å². The minimum Gasteiger partial charge on any atom is -0.369 e. The number of primary amides is 1. The maximum Gasteiger partial charge on any atom is 0.402 e. The van der Waals surface area contributed by atoms with E-state index in [2.05, 4.69) is 5.73 Å². The lowest BCUT2D eigenvalue weighted by Gasteiger charge is -2.17. The Labute approximate surface area is 88.3 Å². The molecule has 0 aliphatic heterocycles. The first-order chi connectivity index (χ1) is 7.14. The number of nitrogens with two attached hydrogens (primary N) is 1. The fourth-order valence-electron chi connectivity index (χ4n) is 0.776. The van der Waals surface area contributed by atoms with E-state index in [1.54, 1.807) is 10.6 Å². The highest BCUT2D eigenvalue weighted by molar-refractivity contribution is 5.93. The highest BCUT2D eigenvalue weighted by Crippen LogP contribution is 2.25. The molecule has 0 aliphatic carbocycles. The zero-order valence-corrected chi connectivity index (χ0v) is 8.22. The van der Waals surface area contributed by atoms with E-state index in [0.717, 1.165) is 6.92 Å². The summed E-state index contributed by atoms with van der Waals surface area (Å²) >= 11 is 0. The van der Waals surface area contributed by atoms with Crippen molar-refractivity contribution in [3.8, 4) is 0 Å². The molecule has 0 radical (unpaired) electrons. The summed E-state index contributed by atoms with van der Waals surface area (Å²) in [6, 6.07) is -1.12. The largest absolute Gasteiger partial charge is 0.402 e. The van der Waals surface area contributed by atoms with Crippen LogP contribution in [0.3, 0.4) is 0 Å². The SMILES string of the molecule is CC(=O)NC(=O)NCC(C(N)=O)C(F)(F)F.